The van der Waals surface area contributed by atoms with Crippen molar-refractivity contribution < 1.29 is 17.7 Å². The molecule has 0 unspecified atom stereocenters. The summed E-state index contributed by atoms with van der Waals surface area (Å²) in [5.74, 6) is 0. The van der Waals surface area contributed by atoms with Gasteiger partial charge in [-0.2, -0.15) is 17.7 Å². The van der Waals surface area contributed by atoms with Crippen molar-refractivity contribution in [3.63, 3.8) is 0 Å². The number of rotatable bonds is 0. The summed E-state index contributed by atoms with van der Waals surface area (Å²) in [7, 11) is 1.36. The predicted molar refractivity (Wildman–Crippen MR) is 32.6 cm³/mol. The normalized spacial score (nSPS) is 11.6. The monoisotopic (exact) mass is 162 g/mol. The van der Waals surface area contributed by atoms with Gasteiger partial charge < -0.3 is 0 Å². The first-order chi connectivity index (χ1) is 5.02. The molecule has 0 radical (unpaired) electrons. The van der Waals surface area contributed by atoms with Gasteiger partial charge in [0.1, 0.15) is 7.05 Å². The fourth-order valence-corrected chi connectivity index (χ4v) is 0.818. The first-order valence-corrected chi connectivity index (χ1v) is 3.03. The number of hydrogen-bond donors (Lipinski definition) is 0. The van der Waals surface area contributed by atoms with Crippen LogP contribution in [0.5, 0.6) is 0 Å². The molecule has 0 saturated heterocycles. The Balaban J connectivity index is 3.14. The maximum Gasteiger partial charge on any atom is 0.477 e. The highest BCUT2D eigenvalue weighted by atomic mass is 19.4. The summed E-state index contributed by atoms with van der Waals surface area (Å²) in [6, 6.07) is 3.96. The van der Waals surface area contributed by atoms with E-state index in [9.17, 15) is 13.2 Å². The van der Waals surface area contributed by atoms with Gasteiger partial charge in [0.2, 0.25) is 0 Å². The van der Waals surface area contributed by atoms with Crippen LogP contribution in [0.15, 0.2) is 24.4 Å². The molecule has 0 aromatic carbocycles. The van der Waals surface area contributed by atoms with Crippen molar-refractivity contribution in [2.45, 2.75) is 6.18 Å². The maximum absolute atomic E-state index is 12.0. The molecular formula is C7H7F3N+. The van der Waals surface area contributed by atoms with E-state index in [1.54, 1.807) is 6.07 Å². The van der Waals surface area contributed by atoms with E-state index in [4.69, 9.17) is 0 Å². The van der Waals surface area contributed by atoms with E-state index in [1.807, 2.05) is 0 Å². The summed E-state index contributed by atoms with van der Waals surface area (Å²) < 4.78 is 37.1. The van der Waals surface area contributed by atoms with Gasteiger partial charge >= 0.3 is 6.18 Å². The van der Waals surface area contributed by atoms with Gasteiger partial charge in [-0.15, -0.1) is 0 Å². The Morgan fingerprint density at radius 1 is 1.27 bits per heavy atom. The molecule has 0 atom stereocenters. The van der Waals surface area contributed by atoms with Crippen LogP contribution < -0.4 is 4.57 Å². The van der Waals surface area contributed by atoms with Crippen molar-refractivity contribution in [1.29, 1.82) is 0 Å². The average Bonchev–Trinajstić information content (AvgIpc) is 1.86. The molecule has 0 aliphatic carbocycles. The first-order valence-electron chi connectivity index (χ1n) is 3.03. The smallest absolute Gasteiger partial charge is 0.197 e. The fraction of sp³-hybridized carbons (Fsp3) is 0.286. The van der Waals surface area contributed by atoms with E-state index in [2.05, 4.69) is 0 Å². The van der Waals surface area contributed by atoms with Gasteiger partial charge in [0.05, 0.1) is 0 Å². The molecule has 1 heterocycles. The van der Waals surface area contributed by atoms with Crippen LogP contribution in [0.1, 0.15) is 5.69 Å². The first kappa shape index (κ1) is 8.04. The van der Waals surface area contributed by atoms with Gasteiger partial charge in [-0.05, 0) is 6.07 Å². The minimum Gasteiger partial charge on any atom is -0.197 e. The molecule has 0 aliphatic rings. The lowest BCUT2D eigenvalue weighted by molar-refractivity contribution is -0.691. The van der Waals surface area contributed by atoms with E-state index >= 15 is 0 Å². The molecule has 0 amide bonds. The van der Waals surface area contributed by atoms with Gasteiger partial charge in [-0.3, -0.25) is 0 Å². The van der Waals surface area contributed by atoms with Crippen LogP contribution in [0, 0.1) is 0 Å². The Morgan fingerprint density at radius 2 is 1.91 bits per heavy atom. The van der Waals surface area contributed by atoms with Crippen molar-refractivity contribution in [2.75, 3.05) is 0 Å². The Bertz CT molecular complexity index is 254. The number of alkyl halides is 3. The Labute approximate surface area is 62.1 Å². The Hall–Kier alpha value is -1.06. The third-order valence-corrected chi connectivity index (χ3v) is 1.35. The predicted octanol–water partition coefficient (Wildman–Crippen LogP) is 1.53. The highest BCUT2D eigenvalue weighted by Gasteiger charge is 2.39. The molecule has 1 aromatic rings. The topological polar surface area (TPSA) is 3.88 Å². The van der Waals surface area contributed by atoms with Crippen LogP contribution in [0.2, 0.25) is 0 Å². The molecule has 0 saturated carbocycles. The SMILES string of the molecule is C[n+]1ccccc1C(F)(F)F. The molecule has 11 heavy (non-hydrogen) atoms. The van der Waals surface area contributed by atoms with E-state index < -0.39 is 11.9 Å². The number of aryl methyl sites for hydroxylation is 1. The van der Waals surface area contributed by atoms with Gasteiger partial charge in [0.15, 0.2) is 6.20 Å². The molecule has 60 valence electrons. The molecule has 0 N–H and O–H groups in total. The molecular weight excluding hydrogens is 155 g/mol. The van der Waals surface area contributed by atoms with Crippen molar-refractivity contribution in [3.8, 4) is 0 Å². The Kier molecular flexibility index (Phi) is 1.85. The van der Waals surface area contributed by atoms with E-state index in [0.29, 0.717) is 0 Å². The molecule has 0 bridgehead atoms. The lowest BCUT2D eigenvalue weighted by Crippen LogP contribution is -2.37. The van der Waals surface area contributed by atoms with Gasteiger partial charge in [0, 0.05) is 12.1 Å². The molecule has 0 aliphatic heterocycles. The van der Waals surface area contributed by atoms with Crippen LogP contribution in [0.3, 0.4) is 0 Å². The van der Waals surface area contributed by atoms with Crippen LogP contribution >= 0.6 is 0 Å². The second-order valence-corrected chi connectivity index (χ2v) is 2.19. The van der Waals surface area contributed by atoms with Gasteiger partial charge in [-0.1, -0.05) is 0 Å². The highest BCUT2D eigenvalue weighted by molar-refractivity contribution is 5.00. The van der Waals surface area contributed by atoms with E-state index in [-0.39, 0.29) is 0 Å². The summed E-state index contributed by atoms with van der Waals surface area (Å²) in [5.41, 5.74) is -0.639. The van der Waals surface area contributed by atoms with Gasteiger partial charge in [0.25, 0.3) is 5.69 Å². The zero-order valence-electron chi connectivity index (χ0n) is 5.89. The van der Waals surface area contributed by atoms with Crippen molar-refractivity contribution in [2.24, 2.45) is 7.05 Å². The summed E-state index contributed by atoms with van der Waals surface area (Å²) in [4.78, 5) is 0. The van der Waals surface area contributed by atoms with Crippen LogP contribution in [0.4, 0.5) is 13.2 Å². The standard InChI is InChI=1S/C7H7F3N/c1-11-5-3-2-4-6(11)7(8,9)10/h2-5H,1H3/q+1. The fourth-order valence-electron chi connectivity index (χ4n) is 0.818. The number of pyridine rings is 1. The second kappa shape index (κ2) is 2.53. The van der Waals surface area contributed by atoms with Gasteiger partial charge in [-0.25, -0.2) is 0 Å². The lowest BCUT2D eigenvalue weighted by Gasteiger charge is -2.01. The van der Waals surface area contributed by atoms with Crippen LogP contribution in [-0.4, -0.2) is 0 Å². The summed E-state index contributed by atoms with van der Waals surface area (Å²) in [6.45, 7) is 0. The molecule has 0 fully saturated rings. The summed E-state index contributed by atoms with van der Waals surface area (Å²) >= 11 is 0. The van der Waals surface area contributed by atoms with Crippen molar-refractivity contribution in [3.05, 3.63) is 30.1 Å². The highest BCUT2D eigenvalue weighted by Crippen LogP contribution is 2.25. The largest absolute Gasteiger partial charge is 0.477 e. The number of halogens is 3. The summed E-state index contributed by atoms with van der Waals surface area (Å²) in [6.07, 6.45) is -2.89. The number of nitrogens with zero attached hydrogens (tertiary/aromatic N) is 1. The number of hydrogen-bond acceptors (Lipinski definition) is 0. The second-order valence-electron chi connectivity index (χ2n) is 2.19. The number of aromatic nitrogens is 1. The lowest BCUT2D eigenvalue weighted by atomic mass is 10.3. The Morgan fingerprint density at radius 3 is 2.27 bits per heavy atom. The zero-order valence-corrected chi connectivity index (χ0v) is 5.89. The van der Waals surface area contributed by atoms with Crippen LogP contribution in [0.25, 0.3) is 0 Å². The molecule has 0 spiro atoms. The van der Waals surface area contributed by atoms with E-state index in [1.165, 1.54) is 19.3 Å². The third-order valence-electron chi connectivity index (χ3n) is 1.35. The zero-order chi connectivity index (χ0) is 8.48. The summed E-state index contributed by atoms with van der Waals surface area (Å²) in [5, 5.41) is 0. The van der Waals surface area contributed by atoms with Crippen molar-refractivity contribution >= 4 is 0 Å². The minimum atomic E-state index is -4.25. The molecule has 1 aromatic heterocycles. The van der Waals surface area contributed by atoms with Crippen molar-refractivity contribution in [1.82, 2.24) is 0 Å². The molecule has 1 rings (SSSR count). The quantitative estimate of drug-likeness (QED) is 0.509. The molecule has 1 nitrogen and oxygen atoms in total. The average molecular weight is 162 g/mol. The van der Waals surface area contributed by atoms with E-state index in [0.717, 1.165) is 10.6 Å². The van der Waals surface area contributed by atoms with Crippen LogP contribution in [-0.2, 0) is 13.2 Å². The minimum absolute atomic E-state index is 0.639. The molecule has 4 heteroatoms. The maximum atomic E-state index is 12.0. The third kappa shape index (κ3) is 1.69.